The summed E-state index contributed by atoms with van der Waals surface area (Å²) in [5.74, 6) is -1.45. The van der Waals surface area contributed by atoms with Crippen molar-refractivity contribution in [2.24, 2.45) is 0 Å². The van der Waals surface area contributed by atoms with E-state index in [0.29, 0.717) is 33.0 Å². The molecule has 49 heavy (non-hydrogen) atoms. The molecule has 256 valence electrons. The third kappa shape index (κ3) is 10.1. The van der Waals surface area contributed by atoms with Crippen molar-refractivity contribution >= 4 is 39.3 Å². The molecule has 0 spiro atoms. The van der Waals surface area contributed by atoms with Crippen LogP contribution in [0.15, 0.2) is 79.0 Å². The summed E-state index contributed by atoms with van der Waals surface area (Å²) in [5, 5.41) is 19.3. The lowest BCUT2D eigenvalue weighted by atomic mass is 10.1. The van der Waals surface area contributed by atoms with Gasteiger partial charge in [0.05, 0.1) is 54.4 Å². The Labute approximate surface area is 288 Å². The van der Waals surface area contributed by atoms with Gasteiger partial charge in [-0.3, -0.25) is 0 Å². The van der Waals surface area contributed by atoms with Crippen molar-refractivity contribution < 1.29 is 38.7 Å². The molecule has 2 aromatic heterocycles. The smallest absolute Gasteiger partial charge is 0.336 e. The van der Waals surface area contributed by atoms with Gasteiger partial charge in [-0.05, 0) is 66.4 Å². The first-order valence-electron chi connectivity index (χ1n) is 15.9. The predicted octanol–water partition coefficient (Wildman–Crippen LogP) is 6.55. The lowest BCUT2D eigenvalue weighted by Gasteiger charge is -2.11. The Bertz CT molecular complexity index is 1840. The maximum Gasteiger partial charge on any atom is 0.336 e. The summed E-state index contributed by atoms with van der Waals surface area (Å²) in [6.45, 7) is 2.83. The van der Waals surface area contributed by atoms with E-state index in [-0.39, 0.29) is 30.1 Å². The van der Waals surface area contributed by atoms with Crippen molar-refractivity contribution in [1.29, 1.82) is 0 Å². The highest BCUT2D eigenvalue weighted by Crippen LogP contribution is 2.32. The fourth-order valence-corrected chi connectivity index (χ4v) is 6.02. The molecule has 2 heterocycles. The zero-order valence-electron chi connectivity index (χ0n) is 27.5. The average Bonchev–Trinajstić information content (AvgIpc) is 3.54. The molecule has 0 atom stereocenters. The van der Waals surface area contributed by atoms with Gasteiger partial charge in [0, 0.05) is 38.0 Å². The van der Waals surface area contributed by atoms with E-state index in [9.17, 15) is 14.7 Å². The first-order valence-corrected chi connectivity index (χ1v) is 16.7. The van der Waals surface area contributed by atoms with Gasteiger partial charge in [0.15, 0.2) is 0 Å². The predicted molar refractivity (Wildman–Crippen MR) is 189 cm³/mol. The third-order valence-electron chi connectivity index (χ3n) is 7.57. The molecule has 0 saturated carbocycles. The number of anilines is 1. The van der Waals surface area contributed by atoms with E-state index in [4.69, 9.17) is 29.0 Å². The van der Waals surface area contributed by atoms with Gasteiger partial charge in [0.25, 0.3) is 0 Å². The van der Waals surface area contributed by atoms with E-state index in [1.54, 1.807) is 11.3 Å². The number of carboxylic acid groups (broad SMARTS) is 2. The number of hydrogen-bond acceptors (Lipinski definition) is 10. The number of carbonyl (C=O) groups is 2. The van der Waals surface area contributed by atoms with E-state index < -0.39 is 11.9 Å². The second-order valence-corrected chi connectivity index (χ2v) is 12.3. The second-order valence-electron chi connectivity index (χ2n) is 11.3. The number of aromatic nitrogens is 2. The number of rotatable bonds is 19. The van der Waals surface area contributed by atoms with E-state index in [2.05, 4.69) is 53.5 Å². The molecular formula is C37H39N3O8S. The number of ether oxygens (including phenoxy) is 4. The highest BCUT2D eigenvalue weighted by Gasteiger charge is 2.17. The topological polar surface area (TPSA) is 141 Å². The van der Waals surface area contributed by atoms with Crippen LogP contribution in [0.1, 0.15) is 32.7 Å². The maximum absolute atomic E-state index is 11.3. The molecule has 0 fully saturated rings. The molecule has 0 aliphatic heterocycles. The first kappa shape index (κ1) is 35.4. The van der Waals surface area contributed by atoms with E-state index in [0.717, 1.165) is 45.9 Å². The Morgan fingerprint density at radius 1 is 0.714 bits per heavy atom. The van der Waals surface area contributed by atoms with Crippen LogP contribution in [0.3, 0.4) is 0 Å². The minimum absolute atomic E-state index is 0.186. The van der Waals surface area contributed by atoms with Crippen LogP contribution in [0.4, 0.5) is 5.82 Å². The molecule has 3 aromatic carbocycles. The van der Waals surface area contributed by atoms with Gasteiger partial charge in [0.1, 0.15) is 23.2 Å². The molecule has 5 rings (SSSR count). The van der Waals surface area contributed by atoms with Crippen LogP contribution >= 0.6 is 11.3 Å². The Hall–Kier alpha value is -4.88. The summed E-state index contributed by atoms with van der Waals surface area (Å²) in [7, 11) is 3.96. The quantitative estimate of drug-likeness (QED) is 0.0915. The molecule has 5 aromatic rings. The molecule has 0 amide bonds. The van der Waals surface area contributed by atoms with Crippen molar-refractivity contribution in [3.05, 3.63) is 95.7 Å². The molecule has 0 aliphatic rings. The molecule has 0 bridgehead atoms. The van der Waals surface area contributed by atoms with E-state index >= 15 is 0 Å². The van der Waals surface area contributed by atoms with Crippen molar-refractivity contribution in [3.8, 4) is 27.4 Å². The Morgan fingerprint density at radius 3 is 2.02 bits per heavy atom. The number of pyridine rings is 1. The van der Waals surface area contributed by atoms with Crippen LogP contribution in [-0.2, 0) is 20.6 Å². The van der Waals surface area contributed by atoms with E-state index in [1.807, 2.05) is 31.3 Å². The fraction of sp³-hybridized carbons (Fsp3) is 0.297. The average molecular weight is 686 g/mol. The van der Waals surface area contributed by atoms with Crippen molar-refractivity contribution in [2.75, 3.05) is 65.2 Å². The Kier molecular flexibility index (Phi) is 12.7. The SMILES string of the molecule is CN(C)c1ccc(-c2ccc(-c3nc4ccc(CCCOCCOCCOCCOc5ccc(C(=O)O)c(C(=O)O)c5)cc4s3)cc2)cn1. The molecule has 0 saturated heterocycles. The molecule has 11 nitrogen and oxygen atoms in total. The van der Waals surface area contributed by atoms with E-state index in [1.165, 1.54) is 28.5 Å². The zero-order valence-corrected chi connectivity index (χ0v) is 28.3. The Morgan fingerprint density at radius 2 is 1.37 bits per heavy atom. The van der Waals surface area contributed by atoms with Gasteiger partial charge in [0.2, 0.25) is 0 Å². The standard InChI is InChI=1S/C37H39N3O8S/c1-40(2)34-14-10-28(24-38-34)26-6-8-27(9-7-26)35-39-32-13-5-25(22-33(32)49-35)4-3-15-45-16-17-46-18-19-47-20-21-48-29-11-12-30(36(41)42)31(23-29)37(43)44/h5-14,22-24H,3-4,15-21H2,1-2H3,(H,41,42)(H,43,44). The molecule has 12 heteroatoms. The van der Waals surface area contributed by atoms with Crippen LogP contribution in [0.25, 0.3) is 31.9 Å². The molecule has 0 aliphatic carbocycles. The second kappa shape index (κ2) is 17.5. The first-order chi connectivity index (χ1) is 23.8. The number of fused-ring (bicyclic) bond motifs is 1. The fourth-order valence-electron chi connectivity index (χ4n) is 4.99. The number of carboxylic acids is 2. The highest BCUT2D eigenvalue weighted by molar-refractivity contribution is 7.21. The van der Waals surface area contributed by atoms with Crippen molar-refractivity contribution in [2.45, 2.75) is 12.8 Å². The summed E-state index contributed by atoms with van der Waals surface area (Å²) in [5.41, 5.74) is 4.94. The number of benzene rings is 3. The lowest BCUT2D eigenvalue weighted by Crippen LogP contribution is -2.13. The monoisotopic (exact) mass is 685 g/mol. The van der Waals surface area contributed by atoms with Crippen molar-refractivity contribution in [3.63, 3.8) is 0 Å². The summed E-state index contributed by atoms with van der Waals surface area (Å²) in [6, 6.07) is 22.8. The van der Waals surface area contributed by atoms with Gasteiger partial charge in [-0.2, -0.15) is 0 Å². The number of aromatic carboxylic acids is 2. The molecule has 0 radical (unpaired) electrons. The van der Waals surface area contributed by atoms with Crippen LogP contribution in [-0.4, -0.2) is 92.5 Å². The van der Waals surface area contributed by atoms with Gasteiger partial charge < -0.3 is 34.1 Å². The Balaban J connectivity index is 0.937. The minimum Gasteiger partial charge on any atom is -0.491 e. The molecule has 2 N–H and O–H groups in total. The lowest BCUT2D eigenvalue weighted by molar-refractivity contribution is 0.00903. The maximum atomic E-state index is 11.3. The summed E-state index contributed by atoms with van der Waals surface area (Å²) < 4.78 is 23.4. The van der Waals surface area contributed by atoms with Crippen LogP contribution in [0.2, 0.25) is 0 Å². The number of thiazole rings is 1. The molecular weight excluding hydrogens is 646 g/mol. The van der Waals surface area contributed by atoms with Crippen LogP contribution in [0.5, 0.6) is 5.75 Å². The van der Waals surface area contributed by atoms with Gasteiger partial charge in [-0.1, -0.05) is 30.3 Å². The molecule has 0 unspecified atom stereocenters. The normalized spacial score (nSPS) is 11.1. The largest absolute Gasteiger partial charge is 0.491 e. The number of hydrogen-bond donors (Lipinski definition) is 2. The summed E-state index contributed by atoms with van der Waals surface area (Å²) >= 11 is 1.70. The van der Waals surface area contributed by atoms with Gasteiger partial charge >= 0.3 is 11.9 Å². The summed E-state index contributed by atoms with van der Waals surface area (Å²) in [6.07, 6.45) is 3.72. The van der Waals surface area contributed by atoms with Gasteiger partial charge in [-0.25, -0.2) is 19.6 Å². The zero-order chi connectivity index (χ0) is 34.6. The van der Waals surface area contributed by atoms with Crippen LogP contribution in [0, 0.1) is 0 Å². The highest BCUT2D eigenvalue weighted by atomic mass is 32.1. The minimum atomic E-state index is -1.33. The van der Waals surface area contributed by atoms with Gasteiger partial charge in [-0.15, -0.1) is 11.3 Å². The number of nitrogens with zero attached hydrogens (tertiary/aromatic N) is 3. The summed E-state index contributed by atoms with van der Waals surface area (Å²) in [4.78, 5) is 33.8. The van der Waals surface area contributed by atoms with Crippen LogP contribution < -0.4 is 9.64 Å². The van der Waals surface area contributed by atoms with Crippen molar-refractivity contribution in [1.82, 2.24) is 9.97 Å². The third-order valence-corrected chi connectivity index (χ3v) is 8.64. The number of aryl methyl sites for hydroxylation is 1.